The molecule has 0 fully saturated rings. The number of hydrogen-bond acceptors (Lipinski definition) is 4. The van der Waals surface area contributed by atoms with Crippen molar-refractivity contribution in [1.82, 2.24) is 19.6 Å². The summed E-state index contributed by atoms with van der Waals surface area (Å²) in [6.45, 7) is 1.77. The van der Waals surface area contributed by atoms with Crippen molar-refractivity contribution in [2.75, 3.05) is 13.1 Å². The van der Waals surface area contributed by atoms with Crippen LogP contribution in [-0.4, -0.2) is 37.0 Å². The summed E-state index contributed by atoms with van der Waals surface area (Å²) in [5, 5.41) is 2.52. The molecule has 1 aromatic heterocycles. The Balaban J connectivity index is 2.12. The number of fused-ring (bicyclic) bond motifs is 1. The summed E-state index contributed by atoms with van der Waals surface area (Å²) in [5.41, 5.74) is 1.49. The second kappa shape index (κ2) is 5.59. The molecule has 0 aliphatic heterocycles. The highest BCUT2D eigenvalue weighted by Gasteiger charge is 2.14. The fourth-order valence-corrected chi connectivity index (χ4v) is 2.84. The lowest BCUT2D eigenvalue weighted by molar-refractivity contribution is -0.118. The smallest absolute Gasteiger partial charge is 0.240 e. The van der Waals surface area contributed by atoms with Gasteiger partial charge in [0.1, 0.15) is 0 Å². The molecule has 0 spiro atoms. The van der Waals surface area contributed by atoms with Crippen LogP contribution in [0.3, 0.4) is 0 Å². The minimum Gasteiger partial charge on any atom is -0.355 e. The van der Waals surface area contributed by atoms with E-state index >= 15 is 0 Å². The summed E-state index contributed by atoms with van der Waals surface area (Å²) < 4.78 is 28.4. The molecule has 2 N–H and O–H groups in total. The SMILES string of the molecule is CC(=O)NCCNS(=O)(=O)c1ccc2c(c1)ncn2C. The maximum Gasteiger partial charge on any atom is 0.240 e. The molecule has 0 saturated heterocycles. The van der Waals surface area contributed by atoms with Gasteiger partial charge in [-0.3, -0.25) is 4.79 Å². The first kappa shape index (κ1) is 14.5. The monoisotopic (exact) mass is 296 g/mol. The van der Waals surface area contributed by atoms with Gasteiger partial charge < -0.3 is 9.88 Å². The second-order valence-electron chi connectivity index (χ2n) is 4.39. The van der Waals surface area contributed by atoms with Crippen molar-refractivity contribution in [3.63, 3.8) is 0 Å². The Bertz CT molecular complexity index is 736. The van der Waals surface area contributed by atoms with Gasteiger partial charge in [-0.1, -0.05) is 0 Å². The number of nitrogens with zero attached hydrogens (tertiary/aromatic N) is 2. The molecule has 0 aliphatic rings. The van der Waals surface area contributed by atoms with Crippen molar-refractivity contribution in [3.05, 3.63) is 24.5 Å². The molecular formula is C12H16N4O3S. The molecule has 0 atom stereocenters. The third-order valence-electron chi connectivity index (χ3n) is 2.80. The van der Waals surface area contributed by atoms with Crippen LogP contribution in [0.15, 0.2) is 29.4 Å². The number of benzene rings is 1. The molecule has 1 heterocycles. The lowest BCUT2D eigenvalue weighted by Gasteiger charge is -2.07. The zero-order valence-corrected chi connectivity index (χ0v) is 12.1. The summed E-state index contributed by atoms with van der Waals surface area (Å²) in [4.78, 5) is 15.0. The molecule has 20 heavy (non-hydrogen) atoms. The van der Waals surface area contributed by atoms with E-state index in [4.69, 9.17) is 0 Å². The van der Waals surface area contributed by atoms with Crippen LogP contribution in [0.5, 0.6) is 0 Å². The first-order chi connectivity index (χ1) is 9.40. The minimum absolute atomic E-state index is 0.141. The van der Waals surface area contributed by atoms with E-state index < -0.39 is 10.0 Å². The molecule has 0 saturated carbocycles. The molecule has 0 unspecified atom stereocenters. The summed E-state index contributed by atoms with van der Waals surface area (Å²) in [6, 6.07) is 4.77. The Labute approximate surface area is 117 Å². The predicted octanol–water partition coefficient (Wildman–Crippen LogP) is -0.0123. The molecule has 108 valence electrons. The Kier molecular flexibility index (Phi) is 4.05. The standard InChI is InChI=1S/C12H16N4O3S/c1-9(17)13-5-6-15-20(18,19)10-3-4-12-11(7-10)14-8-16(12)2/h3-4,7-8,15H,5-6H2,1-2H3,(H,13,17). The number of carbonyl (C=O) groups excluding carboxylic acids is 1. The quantitative estimate of drug-likeness (QED) is 0.759. The molecule has 8 heteroatoms. The molecule has 1 aromatic carbocycles. The lowest BCUT2D eigenvalue weighted by atomic mass is 10.3. The van der Waals surface area contributed by atoms with E-state index in [1.807, 2.05) is 11.6 Å². The van der Waals surface area contributed by atoms with Crippen LogP contribution in [0.1, 0.15) is 6.92 Å². The summed E-state index contributed by atoms with van der Waals surface area (Å²) in [7, 11) is -1.75. The first-order valence-electron chi connectivity index (χ1n) is 6.05. The van der Waals surface area contributed by atoms with E-state index in [0.717, 1.165) is 5.52 Å². The molecule has 0 radical (unpaired) electrons. The van der Waals surface area contributed by atoms with Crippen LogP contribution in [0.2, 0.25) is 0 Å². The van der Waals surface area contributed by atoms with E-state index in [1.165, 1.54) is 19.1 Å². The van der Waals surface area contributed by atoms with E-state index in [0.29, 0.717) is 5.52 Å². The number of rotatable bonds is 5. The van der Waals surface area contributed by atoms with Crippen molar-refractivity contribution >= 4 is 27.0 Å². The van der Waals surface area contributed by atoms with Crippen LogP contribution in [0.25, 0.3) is 11.0 Å². The van der Waals surface area contributed by atoms with E-state index in [-0.39, 0.29) is 23.9 Å². The van der Waals surface area contributed by atoms with Gasteiger partial charge in [-0.05, 0) is 18.2 Å². The van der Waals surface area contributed by atoms with Crippen molar-refractivity contribution in [3.8, 4) is 0 Å². The van der Waals surface area contributed by atoms with Crippen LogP contribution < -0.4 is 10.0 Å². The predicted molar refractivity (Wildman–Crippen MR) is 74.6 cm³/mol. The number of sulfonamides is 1. The van der Waals surface area contributed by atoms with Gasteiger partial charge in [0.25, 0.3) is 0 Å². The Hall–Kier alpha value is -1.93. The molecule has 7 nitrogen and oxygen atoms in total. The van der Waals surface area contributed by atoms with E-state index in [2.05, 4.69) is 15.0 Å². The third-order valence-corrected chi connectivity index (χ3v) is 4.26. The highest BCUT2D eigenvalue weighted by molar-refractivity contribution is 7.89. The molecule has 1 amide bonds. The zero-order valence-electron chi connectivity index (χ0n) is 11.3. The van der Waals surface area contributed by atoms with Crippen LogP contribution in [-0.2, 0) is 21.9 Å². The second-order valence-corrected chi connectivity index (χ2v) is 6.15. The van der Waals surface area contributed by atoms with E-state index in [9.17, 15) is 13.2 Å². The highest BCUT2D eigenvalue weighted by Crippen LogP contribution is 2.17. The van der Waals surface area contributed by atoms with Gasteiger partial charge in [0.05, 0.1) is 22.3 Å². The molecule has 2 aromatic rings. The zero-order chi connectivity index (χ0) is 14.8. The highest BCUT2D eigenvalue weighted by atomic mass is 32.2. The minimum atomic E-state index is -3.59. The topological polar surface area (TPSA) is 93.1 Å². The number of amides is 1. The van der Waals surface area contributed by atoms with Gasteiger partial charge in [-0.15, -0.1) is 0 Å². The normalized spacial score (nSPS) is 11.7. The molecule has 0 bridgehead atoms. The van der Waals surface area contributed by atoms with Crippen LogP contribution in [0, 0.1) is 0 Å². The van der Waals surface area contributed by atoms with Gasteiger partial charge >= 0.3 is 0 Å². The maximum absolute atomic E-state index is 12.1. The van der Waals surface area contributed by atoms with Crippen molar-refractivity contribution in [2.45, 2.75) is 11.8 Å². The largest absolute Gasteiger partial charge is 0.355 e. The number of nitrogens with one attached hydrogen (secondary N) is 2. The van der Waals surface area contributed by atoms with Crippen LogP contribution in [0.4, 0.5) is 0 Å². The van der Waals surface area contributed by atoms with Crippen LogP contribution >= 0.6 is 0 Å². The third kappa shape index (κ3) is 3.14. The average molecular weight is 296 g/mol. The number of aryl methyl sites for hydroxylation is 1. The summed E-state index contributed by atoms with van der Waals surface area (Å²) in [5.74, 6) is -0.195. The Morgan fingerprint density at radius 2 is 2.10 bits per heavy atom. The van der Waals surface area contributed by atoms with Crippen molar-refractivity contribution in [1.29, 1.82) is 0 Å². The number of aromatic nitrogens is 2. The number of carbonyl (C=O) groups is 1. The van der Waals surface area contributed by atoms with Gasteiger partial charge in [0.2, 0.25) is 15.9 Å². The summed E-state index contributed by atoms with van der Waals surface area (Å²) in [6.07, 6.45) is 1.63. The van der Waals surface area contributed by atoms with Gasteiger partial charge in [-0.2, -0.15) is 0 Å². The van der Waals surface area contributed by atoms with Gasteiger partial charge in [-0.25, -0.2) is 18.1 Å². The van der Waals surface area contributed by atoms with E-state index in [1.54, 1.807) is 12.4 Å². The van der Waals surface area contributed by atoms with Gasteiger partial charge in [0.15, 0.2) is 0 Å². The van der Waals surface area contributed by atoms with Crippen molar-refractivity contribution < 1.29 is 13.2 Å². The lowest BCUT2D eigenvalue weighted by Crippen LogP contribution is -2.33. The molecule has 2 rings (SSSR count). The molecular weight excluding hydrogens is 280 g/mol. The Morgan fingerprint density at radius 3 is 2.80 bits per heavy atom. The Morgan fingerprint density at radius 1 is 1.35 bits per heavy atom. The van der Waals surface area contributed by atoms with Gasteiger partial charge in [0, 0.05) is 27.1 Å². The first-order valence-corrected chi connectivity index (χ1v) is 7.53. The fourth-order valence-electron chi connectivity index (χ4n) is 1.79. The fraction of sp³-hybridized carbons (Fsp3) is 0.333. The summed E-state index contributed by atoms with van der Waals surface area (Å²) >= 11 is 0. The molecule has 0 aliphatic carbocycles. The van der Waals surface area contributed by atoms with Crippen molar-refractivity contribution in [2.24, 2.45) is 7.05 Å². The maximum atomic E-state index is 12.1. The average Bonchev–Trinajstić information content (AvgIpc) is 2.76. The number of hydrogen-bond donors (Lipinski definition) is 2. The number of imidazole rings is 1.